The van der Waals surface area contributed by atoms with Gasteiger partial charge in [0, 0.05) is 16.0 Å². The first-order chi connectivity index (χ1) is 12.2. The second-order valence-corrected chi connectivity index (χ2v) is 4.84. The first-order valence-corrected chi connectivity index (χ1v) is 7.31. The van der Waals surface area contributed by atoms with Crippen LogP contribution in [0, 0.1) is 0 Å². The van der Waals surface area contributed by atoms with Crippen LogP contribution in [0.5, 0.6) is 11.5 Å². The molecule has 2 aromatic rings. The lowest BCUT2D eigenvalue weighted by atomic mass is 9.94. The van der Waals surface area contributed by atoms with Crippen molar-refractivity contribution in [3.63, 3.8) is 0 Å². The average molecular weight is 339 g/mol. The number of azide groups is 1. The molecular weight excluding hydrogens is 322 g/mol. The summed E-state index contributed by atoms with van der Waals surface area (Å²) in [7, 11) is 4.27. The van der Waals surface area contributed by atoms with Crippen molar-refractivity contribution in [2.75, 3.05) is 21.3 Å². The predicted octanol–water partition coefficient (Wildman–Crippen LogP) is 3.95. The molecule has 0 aromatic heterocycles. The summed E-state index contributed by atoms with van der Waals surface area (Å²) in [6, 6.07) is 14.2. The van der Waals surface area contributed by atoms with E-state index in [2.05, 4.69) is 10.0 Å². The molecule has 0 bridgehead atoms. The van der Waals surface area contributed by atoms with Crippen LogP contribution in [-0.4, -0.2) is 27.3 Å². The zero-order valence-electron chi connectivity index (χ0n) is 14.1. The minimum Gasteiger partial charge on any atom is -0.497 e. The highest BCUT2D eigenvalue weighted by Gasteiger charge is 2.21. The maximum atomic E-state index is 12.2. The van der Waals surface area contributed by atoms with Gasteiger partial charge in [0.2, 0.25) is 0 Å². The highest BCUT2D eigenvalue weighted by Crippen LogP contribution is 2.36. The van der Waals surface area contributed by atoms with Crippen molar-refractivity contribution in [2.45, 2.75) is 0 Å². The molecule has 0 fully saturated rings. The van der Waals surface area contributed by atoms with Gasteiger partial charge in [-0.05, 0) is 29.3 Å². The molecule has 2 aromatic carbocycles. The van der Waals surface area contributed by atoms with Gasteiger partial charge in [-0.1, -0.05) is 35.4 Å². The summed E-state index contributed by atoms with van der Waals surface area (Å²) < 4.78 is 15.5. The van der Waals surface area contributed by atoms with E-state index in [-0.39, 0.29) is 5.70 Å². The summed E-state index contributed by atoms with van der Waals surface area (Å²) in [4.78, 5) is 15.0. The molecule has 0 aliphatic heterocycles. The van der Waals surface area contributed by atoms with Gasteiger partial charge in [-0.3, -0.25) is 0 Å². The molecule has 128 valence electrons. The van der Waals surface area contributed by atoms with Gasteiger partial charge in [0.1, 0.15) is 17.2 Å². The molecule has 0 saturated carbocycles. The van der Waals surface area contributed by atoms with Crippen molar-refractivity contribution in [1.29, 1.82) is 0 Å². The largest absolute Gasteiger partial charge is 0.497 e. The Morgan fingerprint density at radius 1 is 1.04 bits per heavy atom. The van der Waals surface area contributed by atoms with E-state index >= 15 is 0 Å². The maximum Gasteiger partial charge on any atom is 0.340 e. The molecule has 0 radical (unpaired) electrons. The maximum absolute atomic E-state index is 12.2. The van der Waals surface area contributed by atoms with E-state index in [9.17, 15) is 4.79 Å². The van der Waals surface area contributed by atoms with Crippen LogP contribution in [0.15, 0.2) is 59.3 Å². The fourth-order valence-corrected chi connectivity index (χ4v) is 2.37. The Hall–Kier alpha value is -3.44. The molecular formula is C18H17N3O4. The van der Waals surface area contributed by atoms with Crippen LogP contribution in [0.4, 0.5) is 0 Å². The summed E-state index contributed by atoms with van der Waals surface area (Å²) in [5.74, 6) is 0.310. The van der Waals surface area contributed by atoms with Gasteiger partial charge in [0.15, 0.2) is 0 Å². The minimum absolute atomic E-state index is 0.164. The Balaban J connectivity index is 2.90. The number of benzene rings is 2. The Bertz CT molecular complexity index is 841. The van der Waals surface area contributed by atoms with E-state index in [0.717, 1.165) is 0 Å². The molecule has 0 atom stereocenters. The van der Waals surface area contributed by atoms with Gasteiger partial charge in [0.05, 0.1) is 21.3 Å². The van der Waals surface area contributed by atoms with Crippen LogP contribution in [-0.2, 0) is 9.53 Å². The van der Waals surface area contributed by atoms with E-state index in [1.807, 2.05) is 18.2 Å². The molecule has 0 saturated heterocycles. The van der Waals surface area contributed by atoms with Gasteiger partial charge >= 0.3 is 5.97 Å². The number of methoxy groups -OCH3 is 3. The Labute approximate surface area is 145 Å². The van der Waals surface area contributed by atoms with Crippen LogP contribution < -0.4 is 9.47 Å². The number of hydrogen-bond donors (Lipinski definition) is 0. The zero-order valence-corrected chi connectivity index (χ0v) is 14.1. The Kier molecular flexibility index (Phi) is 6.03. The molecule has 0 spiro atoms. The second kappa shape index (κ2) is 8.42. The first kappa shape index (κ1) is 17.9. The van der Waals surface area contributed by atoms with Crippen LogP contribution in [0.1, 0.15) is 11.1 Å². The number of ether oxygens (including phenoxy) is 3. The summed E-state index contributed by atoms with van der Waals surface area (Å²) in [6.07, 6.45) is 0. The highest BCUT2D eigenvalue weighted by atomic mass is 16.5. The zero-order chi connectivity index (χ0) is 18.2. The van der Waals surface area contributed by atoms with Gasteiger partial charge in [-0.25, -0.2) is 4.79 Å². The van der Waals surface area contributed by atoms with E-state index in [0.29, 0.717) is 28.2 Å². The summed E-state index contributed by atoms with van der Waals surface area (Å²) in [5.41, 5.74) is 10.3. The SMILES string of the molecule is COC(=O)C(N=[N+]=[N-])=C(c1ccccc1)c1cc(OC)ccc1OC. The van der Waals surface area contributed by atoms with Crippen LogP contribution in [0.3, 0.4) is 0 Å². The summed E-state index contributed by atoms with van der Waals surface area (Å²) in [5, 5.41) is 3.57. The molecule has 25 heavy (non-hydrogen) atoms. The monoisotopic (exact) mass is 339 g/mol. The quantitative estimate of drug-likeness (QED) is 0.262. The smallest absolute Gasteiger partial charge is 0.340 e. The second-order valence-electron chi connectivity index (χ2n) is 4.84. The van der Waals surface area contributed by atoms with Crippen molar-refractivity contribution in [1.82, 2.24) is 0 Å². The number of hydrogen-bond acceptors (Lipinski definition) is 5. The van der Waals surface area contributed by atoms with Gasteiger partial charge in [-0.15, -0.1) is 0 Å². The standard InChI is InChI=1S/C18H17N3O4/c1-23-13-9-10-15(24-2)14(11-13)16(12-7-5-4-6-8-12)17(20-21-19)18(22)25-3/h4-11H,1-3H3. The van der Waals surface area contributed by atoms with E-state index in [1.54, 1.807) is 30.3 Å². The third-order valence-corrected chi connectivity index (χ3v) is 3.50. The van der Waals surface area contributed by atoms with Crippen LogP contribution in [0.2, 0.25) is 0 Å². The van der Waals surface area contributed by atoms with Crippen molar-refractivity contribution >= 4 is 11.5 Å². The van der Waals surface area contributed by atoms with Gasteiger partial charge in [-0.2, -0.15) is 0 Å². The van der Waals surface area contributed by atoms with E-state index < -0.39 is 5.97 Å². The van der Waals surface area contributed by atoms with Crippen LogP contribution >= 0.6 is 0 Å². The third kappa shape index (κ3) is 3.91. The lowest BCUT2D eigenvalue weighted by Gasteiger charge is -2.16. The molecule has 0 heterocycles. The lowest BCUT2D eigenvalue weighted by Crippen LogP contribution is -2.07. The number of nitrogens with zero attached hydrogens (tertiary/aromatic N) is 3. The Morgan fingerprint density at radius 3 is 2.32 bits per heavy atom. The van der Waals surface area contributed by atoms with E-state index in [4.69, 9.17) is 19.7 Å². The molecule has 0 aliphatic rings. The number of carbonyl (C=O) groups is 1. The van der Waals surface area contributed by atoms with Crippen molar-refractivity contribution in [2.24, 2.45) is 5.11 Å². The predicted molar refractivity (Wildman–Crippen MR) is 93.2 cm³/mol. The van der Waals surface area contributed by atoms with Gasteiger partial charge in [0.25, 0.3) is 0 Å². The van der Waals surface area contributed by atoms with Crippen molar-refractivity contribution in [3.05, 3.63) is 75.8 Å². The fraction of sp³-hybridized carbons (Fsp3) is 0.167. The van der Waals surface area contributed by atoms with Crippen LogP contribution in [0.25, 0.3) is 16.0 Å². The Morgan fingerprint density at radius 2 is 1.76 bits per heavy atom. The number of rotatable bonds is 6. The summed E-state index contributed by atoms with van der Waals surface area (Å²) >= 11 is 0. The first-order valence-electron chi connectivity index (χ1n) is 7.31. The van der Waals surface area contributed by atoms with Crippen molar-refractivity contribution in [3.8, 4) is 11.5 Å². The normalized spacial score (nSPS) is 11.0. The topological polar surface area (TPSA) is 93.5 Å². The number of esters is 1. The average Bonchev–Trinajstić information content (AvgIpc) is 2.67. The highest BCUT2D eigenvalue weighted by molar-refractivity contribution is 6.02. The number of carbonyl (C=O) groups excluding carboxylic acids is 1. The molecule has 0 N–H and O–H groups in total. The van der Waals surface area contributed by atoms with E-state index in [1.165, 1.54) is 21.3 Å². The minimum atomic E-state index is -0.749. The van der Waals surface area contributed by atoms with Crippen molar-refractivity contribution < 1.29 is 19.0 Å². The fourth-order valence-electron chi connectivity index (χ4n) is 2.37. The van der Waals surface area contributed by atoms with Gasteiger partial charge < -0.3 is 14.2 Å². The molecule has 0 unspecified atom stereocenters. The molecule has 0 amide bonds. The molecule has 2 rings (SSSR count). The molecule has 7 heteroatoms. The third-order valence-electron chi connectivity index (χ3n) is 3.50. The lowest BCUT2D eigenvalue weighted by molar-refractivity contribution is -0.136. The molecule has 7 nitrogen and oxygen atoms in total. The summed E-state index contributed by atoms with van der Waals surface area (Å²) in [6.45, 7) is 0. The molecule has 0 aliphatic carbocycles.